The van der Waals surface area contributed by atoms with E-state index in [1.807, 2.05) is 0 Å². The molecule has 68 valence electrons. The third-order valence-corrected chi connectivity index (χ3v) is 3.80. The van der Waals surface area contributed by atoms with Crippen molar-refractivity contribution < 1.29 is 9.84 Å². The summed E-state index contributed by atoms with van der Waals surface area (Å²) in [6, 6.07) is 0.979. The number of morpholine rings is 1. The number of ether oxygens (including phenoxy) is 1. The molecule has 1 N–H and O–H groups in total. The van der Waals surface area contributed by atoms with Gasteiger partial charge in [-0.1, -0.05) is 0 Å². The predicted molar refractivity (Wildman–Crippen MR) is 43.9 cm³/mol. The second kappa shape index (κ2) is 2.22. The molecule has 5 fully saturated rings. The van der Waals surface area contributed by atoms with Crippen LogP contribution in [0.15, 0.2) is 0 Å². The average Bonchev–Trinajstić information content (AvgIpc) is 2.09. The van der Waals surface area contributed by atoms with Gasteiger partial charge in [-0.05, 0) is 26.3 Å². The van der Waals surface area contributed by atoms with Crippen molar-refractivity contribution in [1.82, 2.24) is 4.90 Å². The van der Waals surface area contributed by atoms with Crippen LogP contribution in [0.3, 0.4) is 0 Å². The van der Waals surface area contributed by atoms with Gasteiger partial charge in [-0.2, -0.15) is 0 Å². The van der Waals surface area contributed by atoms with Gasteiger partial charge in [0.05, 0.1) is 18.3 Å². The Bertz CT molecular complexity index is 205. The first kappa shape index (κ1) is 7.30. The largest absolute Gasteiger partial charge is 0.390 e. The summed E-state index contributed by atoms with van der Waals surface area (Å²) in [5, 5.41) is 9.69. The maximum atomic E-state index is 9.69. The Morgan fingerprint density at radius 1 is 1.33 bits per heavy atom. The fourth-order valence-corrected chi connectivity index (χ4v) is 3.13. The highest BCUT2D eigenvalue weighted by Crippen LogP contribution is 2.42. The molecule has 5 unspecified atom stereocenters. The van der Waals surface area contributed by atoms with Crippen LogP contribution in [0.5, 0.6) is 0 Å². The van der Waals surface area contributed by atoms with E-state index in [1.54, 1.807) is 0 Å². The van der Waals surface area contributed by atoms with Gasteiger partial charge in [0, 0.05) is 12.1 Å². The van der Waals surface area contributed by atoms with Gasteiger partial charge >= 0.3 is 0 Å². The van der Waals surface area contributed by atoms with Crippen LogP contribution in [-0.2, 0) is 4.74 Å². The lowest BCUT2D eigenvalue weighted by Gasteiger charge is -2.59. The Balaban J connectivity index is 1.96. The third-order valence-electron chi connectivity index (χ3n) is 3.80. The summed E-state index contributed by atoms with van der Waals surface area (Å²) in [6.45, 7) is 0. The zero-order chi connectivity index (χ0) is 8.29. The van der Waals surface area contributed by atoms with Crippen LogP contribution in [0.1, 0.15) is 19.3 Å². The molecule has 0 amide bonds. The summed E-state index contributed by atoms with van der Waals surface area (Å²) < 4.78 is 5.78. The van der Waals surface area contributed by atoms with E-state index < -0.39 is 0 Å². The molecule has 0 saturated carbocycles. The van der Waals surface area contributed by atoms with Gasteiger partial charge in [0.1, 0.15) is 0 Å². The molecule has 0 aliphatic carbocycles. The quantitative estimate of drug-likeness (QED) is 0.553. The van der Waals surface area contributed by atoms with Gasteiger partial charge in [0.15, 0.2) is 0 Å². The number of fused-ring (bicyclic) bond motifs is 2. The van der Waals surface area contributed by atoms with E-state index in [4.69, 9.17) is 4.74 Å². The number of aliphatic hydroxyl groups is 1. The molecule has 5 aliphatic rings. The van der Waals surface area contributed by atoms with Crippen molar-refractivity contribution in [3.8, 4) is 0 Å². The molecule has 5 heterocycles. The number of aliphatic hydroxyl groups excluding tert-OH is 1. The maximum Gasteiger partial charge on any atom is 0.0993 e. The molecule has 0 spiro atoms. The first-order valence-electron chi connectivity index (χ1n) is 4.83. The predicted octanol–water partition coefficient (Wildman–Crippen LogP) is -0.0188. The third kappa shape index (κ3) is 0.721. The lowest BCUT2D eigenvalue weighted by molar-refractivity contribution is -0.253. The molecule has 12 heavy (non-hydrogen) atoms. The fraction of sp³-hybridized carbons (Fsp3) is 1.00. The van der Waals surface area contributed by atoms with Crippen molar-refractivity contribution in [3.63, 3.8) is 0 Å². The fourth-order valence-electron chi connectivity index (χ4n) is 3.13. The molecule has 4 bridgehead atoms. The average molecular weight is 169 g/mol. The molecule has 3 heteroatoms. The maximum absolute atomic E-state index is 9.69. The van der Waals surface area contributed by atoms with Crippen LogP contribution in [0.2, 0.25) is 0 Å². The first-order chi connectivity index (χ1) is 5.77. The minimum atomic E-state index is -0.201. The van der Waals surface area contributed by atoms with Crippen molar-refractivity contribution >= 4 is 0 Å². The van der Waals surface area contributed by atoms with Gasteiger partial charge in [-0.25, -0.2) is 0 Å². The lowest BCUT2D eigenvalue weighted by Crippen LogP contribution is -2.71. The van der Waals surface area contributed by atoms with Crippen LogP contribution in [0.4, 0.5) is 0 Å². The summed E-state index contributed by atoms with van der Waals surface area (Å²) in [5.74, 6) is 0. The van der Waals surface area contributed by atoms with E-state index in [0.29, 0.717) is 18.2 Å². The van der Waals surface area contributed by atoms with Gasteiger partial charge in [-0.15, -0.1) is 0 Å². The molecule has 0 aromatic rings. The lowest BCUT2D eigenvalue weighted by atomic mass is 9.76. The minimum Gasteiger partial charge on any atom is -0.390 e. The number of rotatable bonds is 0. The van der Waals surface area contributed by atoms with Crippen molar-refractivity contribution in [3.05, 3.63) is 0 Å². The Labute approximate surface area is 72.3 Å². The molecule has 5 aliphatic heterocycles. The Morgan fingerprint density at radius 2 is 2.17 bits per heavy atom. The highest BCUT2D eigenvalue weighted by atomic mass is 16.5. The molecule has 0 aromatic carbocycles. The van der Waals surface area contributed by atoms with Crippen LogP contribution in [0, 0.1) is 0 Å². The van der Waals surface area contributed by atoms with Gasteiger partial charge in [0.25, 0.3) is 0 Å². The number of nitrogens with zero attached hydrogens (tertiary/aromatic N) is 1. The van der Waals surface area contributed by atoms with Gasteiger partial charge < -0.3 is 9.84 Å². The number of likely N-dealkylation sites (N-methyl/N-ethyl adjacent to an activating group) is 1. The smallest absolute Gasteiger partial charge is 0.0993 e. The molecule has 0 aromatic heterocycles. The summed E-state index contributed by atoms with van der Waals surface area (Å²) in [7, 11) is 2.17. The number of hydrogen-bond donors (Lipinski definition) is 1. The zero-order valence-corrected chi connectivity index (χ0v) is 7.31. The van der Waals surface area contributed by atoms with E-state index in [0.717, 1.165) is 6.42 Å². The standard InChI is InChI=1S/C9H15NO2/c1-10-5-2-3-8-6(10)4-7(11)9(5)12-8/h5-9,11H,2-4H2,1H3. The van der Waals surface area contributed by atoms with Crippen molar-refractivity contribution in [2.45, 2.75) is 49.7 Å². The van der Waals surface area contributed by atoms with Crippen LogP contribution in [-0.4, -0.2) is 47.4 Å². The SMILES string of the molecule is CN1C2CC(O)C3OC2CCC31. The summed E-state index contributed by atoms with van der Waals surface area (Å²) in [6.07, 6.45) is 3.64. The first-order valence-corrected chi connectivity index (χ1v) is 4.83. The molecule has 3 nitrogen and oxygen atoms in total. The van der Waals surface area contributed by atoms with Crippen LogP contribution >= 0.6 is 0 Å². The molecule has 5 saturated heterocycles. The highest BCUT2D eigenvalue weighted by Gasteiger charge is 2.53. The van der Waals surface area contributed by atoms with E-state index in [2.05, 4.69) is 11.9 Å². The van der Waals surface area contributed by atoms with Gasteiger partial charge in [-0.3, -0.25) is 4.90 Å². The topological polar surface area (TPSA) is 32.7 Å². The summed E-state index contributed by atoms with van der Waals surface area (Å²) in [4.78, 5) is 2.41. The normalized spacial score (nSPS) is 58.0. The molecular weight excluding hydrogens is 154 g/mol. The molecule has 5 atom stereocenters. The number of piperidine rings is 2. The molecule has 0 radical (unpaired) electrons. The van der Waals surface area contributed by atoms with Crippen molar-refractivity contribution in [2.75, 3.05) is 7.05 Å². The second-order valence-electron chi connectivity index (χ2n) is 4.32. The van der Waals surface area contributed by atoms with E-state index in [9.17, 15) is 5.11 Å². The Hall–Kier alpha value is -0.120. The van der Waals surface area contributed by atoms with E-state index in [-0.39, 0.29) is 12.2 Å². The summed E-state index contributed by atoms with van der Waals surface area (Å²) in [5.41, 5.74) is 0. The van der Waals surface area contributed by atoms with Crippen LogP contribution in [0.25, 0.3) is 0 Å². The highest BCUT2D eigenvalue weighted by molar-refractivity contribution is 5.06. The zero-order valence-electron chi connectivity index (χ0n) is 7.31. The van der Waals surface area contributed by atoms with Gasteiger partial charge in [0.2, 0.25) is 0 Å². The van der Waals surface area contributed by atoms with Crippen molar-refractivity contribution in [2.24, 2.45) is 0 Å². The van der Waals surface area contributed by atoms with E-state index >= 15 is 0 Å². The monoisotopic (exact) mass is 169 g/mol. The number of hydrogen-bond acceptors (Lipinski definition) is 3. The summed E-state index contributed by atoms with van der Waals surface area (Å²) >= 11 is 0. The second-order valence-corrected chi connectivity index (χ2v) is 4.32. The van der Waals surface area contributed by atoms with Crippen molar-refractivity contribution in [1.29, 1.82) is 0 Å². The van der Waals surface area contributed by atoms with E-state index in [1.165, 1.54) is 12.8 Å². The van der Waals surface area contributed by atoms with Crippen LogP contribution < -0.4 is 0 Å². The molecular formula is C9H15NO2. The Kier molecular flexibility index (Phi) is 1.35. The Morgan fingerprint density at radius 3 is 2.75 bits per heavy atom. The minimum absolute atomic E-state index is 0.110. The molecule has 5 rings (SSSR count).